The van der Waals surface area contributed by atoms with Gasteiger partial charge in [0.05, 0.1) is 0 Å². The fraction of sp³-hybridized carbons (Fsp3) is 0.385. The third kappa shape index (κ3) is 3.61. The molecule has 1 atom stereocenters. The lowest BCUT2D eigenvalue weighted by Gasteiger charge is -2.33. The molecule has 108 valence electrons. The van der Waals surface area contributed by atoms with Crippen molar-refractivity contribution in [2.45, 2.75) is 6.04 Å². The molecule has 6 nitrogen and oxygen atoms in total. The number of halogens is 1. The van der Waals surface area contributed by atoms with Crippen LogP contribution in [0.5, 0.6) is 5.75 Å². The lowest BCUT2D eigenvalue weighted by atomic mass is 10.2. The molecular formula is C13H15ClN2O4. The Morgan fingerprint density at radius 1 is 1.50 bits per heavy atom. The first-order valence-electron chi connectivity index (χ1n) is 6.19. The maximum atomic E-state index is 12.0. The molecule has 0 spiro atoms. The zero-order valence-electron chi connectivity index (χ0n) is 10.7. The van der Waals surface area contributed by atoms with Crippen LogP contribution in [0.15, 0.2) is 24.3 Å². The second-order valence-electron chi connectivity index (χ2n) is 4.39. The smallest absolute Gasteiger partial charge is 0.327 e. The average molecular weight is 299 g/mol. The van der Waals surface area contributed by atoms with Crippen molar-refractivity contribution in [2.75, 3.05) is 26.2 Å². The van der Waals surface area contributed by atoms with Crippen molar-refractivity contribution in [3.63, 3.8) is 0 Å². The minimum atomic E-state index is -1.02. The molecule has 0 aliphatic carbocycles. The predicted molar refractivity (Wildman–Crippen MR) is 73.0 cm³/mol. The summed E-state index contributed by atoms with van der Waals surface area (Å²) in [6.07, 6.45) is 0. The number of carboxylic acid groups (broad SMARTS) is 1. The third-order valence-electron chi connectivity index (χ3n) is 3.01. The molecule has 1 heterocycles. The van der Waals surface area contributed by atoms with Gasteiger partial charge in [0, 0.05) is 24.7 Å². The van der Waals surface area contributed by atoms with E-state index >= 15 is 0 Å². The summed E-state index contributed by atoms with van der Waals surface area (Å²) in [5, 5.41) is 12.6. The van der Waals surface area contributed by atoms with Crippen molar-refractivity contribution in [1.82, 2.24) is 10.2 Å². The number of piperazine rings is 1. The standard InChI is InChI=1S/C13H15ClN2O4/c14-9-2-1-3-10(6-9)20-8-12(17)16-5-4-15-7-11(16)13(18)19/h1-3,6,11,15H,4-5,7-8H2,(H,18,19). The van der Waals surface area contributed by atoms with E-state index < -0.39 is 12.0 Å². The summed E-state index contributed by atoms with van der Waals surface area (Å²) >= 11 is 5.81. The normalized spacial score (nSPS) is 18.6. The van der Waals surface area contributed by atoms with Crippen LogP contribution < -0.4 is 10.1 Å². The van der Waals surface area contributed by atoms with E-state index in [4.69, 9.17) is 21.4 Å². The number of hydrogen-bond acceptors (Lipinski definition) is 4. The highest BCUT2D eigenvalue weighted by Gasteiger charge is 2.31. The molecule has 2 N–H and O–H groups in total. The van der Waals surface area contributed by atoms with Gasteiger partial charge in [-0.05, 0) is 18.2 Å². The summed E-state index contributed by atoms with van der Waals surface area (Å²) in [5.74, 6) is -0.889. The molecule has 2 rings (SSSR count). The molecule has 1 amide bonds. The molecule has 20 heavy (non-hydrogen) atoms. The van der Waals surface area contributed by atoms with Crippen LogP contribution in [0.1, 0.15) is 0 Å². The molecule has 0 radical (unpaired) electrons. The Labute approximate surface area is 121 Å². The van der Waals surface area contributed by atoms with Gasteiger partial charge in [0.15, 0.2) is 6.61 Å². The summed E-state index contributed by atoms with van der Waals surface area (Å²) < 4.78 is 5.34. The minimum Gasteiger partial charge on any atom is -0.484 e. The molecule has 0 aromatic heterocycles. The van der Waals surface area contributed by atoms with E-state index in [-0.39, 0.29) is 19.1 Å². The molecule has 1 aliphatic heterocycles. The SMILES string of the molecule is O=C(O)C1CNCCN1C(=O)COc1cccc(Cl)c1. The van der Waals surface area contributed by atoms with E-state index in [0.717, 1.165) is 0 Å². The van der Waals surface area contributed by atoms with Gasteiger partial charge in [-0.1, -0.05) is 17.7 Å². The fourth-order valence-corrected chi connectivity index (χ4v) is 2.19. The Morgan fingerprint density at radius 2 is 2.30 bits per heavy atom. The highest BCUT2D eigenvalue weighted by atomic mass is 35.5. The van der Waals surface area contributed by atoms with Crippen LogP contribution in [-0.4, -0.2) is 54.2 Å². The summed E-state index contributed by atoms with van der Waals surface area (Å²) in [6, 6.07) is 5.85. The van der Waals surface area contributed by atoms with Gasteiger partial charge in [0.25, 0.3) is 5.91 Å². The number of amides is 1. The van der Waals surface area contributed by atoms with Gasteiger partial charge in [-0.15, -0.1) is 0 Å². The highest BCUT2D eigenvalue weighted by Crippen LogP contribution is 2.17. The van der Waals surface area contributed by atoms with E-state index in [1.807, 2.05) is 0 Å². The second-order valence-corrected chi connectivity index (χ2v) is 4.83. The number of rotatable bonds is 4. The number of nitrogens with zero attached hydrogens (tertiary/aromatic N) is 1. The largest absolute Gasteiger partial charge is 0.484 e. The molecule has 1 aromatic rings. The second kappa shape index (κ2) is 6.58. The molecule has 0 bridgehead atoms. The monoisotopic (exact) mass is 298 g/mol. The Bertz CT molecular complexity index is 509. The number of ether oxygens (including phenoxy) is 1. The Kier molecular flexibility index (Phi) is 4.81. The molecule has 1 aromatic carbocycles. The van der Waals surface area contributed by atoms with E-state index in [2.05, 4.69) is 5.32 Å². The molecule has 1 unspecified atom stereocenters. The third-order valence-corrected chi connectivity index (χ3v) is 3.24. The minimum absolute atomic E-state index is 0.204. The van der Waals surface area contributed by atoms with Gasteiger partial charge < -0.3 is 20.1 Å². The zero-order chi connectivity index (χ0) is 14.5. The van der Waals surface area contributed by atoms with Crippen molar-refractivity contribution < 1.29 is 19.4 Å². The van der Waals surface area contributed by atoms with Crippen molar-refractivity contribution in [3.8, 4) is 5.75 Å². The van der Waals surface area contributed by atoms with Crippen molar-refractivity contribution in [3.05, 3.63) is 29.3 Å². The van der Waals surface area contributed by atoms with E-state index in [0.29, 0.717) is 23.9 Å². The highest BCUT2D eigenvalue weighted by molar-refractivity contribution is 6.30. The van der Waals surface area contributed by atoms with Crippen LogP contribution in [0.4, 0.5) is 0 Å². The summed E-state index contributed by atoms with van der Waals surface area (Å²) in [5.41, 5.74) is 0. The lowest BCUT2D eigenvalue weighted by Crippen LogP contribution is -2.57. The van der Waals surface area contributed by atoms with E-state index in [1.54, 1.807) is 24.3 Å². The quantitative estimate of drug-likeness (QED) is 0.851. The van der Waals surface area contributed by atoms with Gasteiger partial charge in [0.2, 0.25) is 0 Å². The van der Waals surface area contributed by atoms with Crippen LogP contribution in [-0.2, 0) is 9.59 Å². The van der Waals surface area contributed by atoms with Crippen molar-refractivity contribution in [1.29, 1.82) is 0 Å². The topological polar surface area (TPSA) is 78.9 Å². The van der Waals surface area contributed by atoms with Crippen LogP contribution >= 0.6 is 11.6 Å². The molecule has 1 aliphatic rings. The lowest BCUT2D eigenvalue weighted by molar-refractivity contribution is -0.152. The molecular weight excluding hydrogens is 284 g/mol. The Balaban J connectivity index is 1.95. The number of benzene rings is 1. The van der Waals surface area contributed by atoms with Crippen molar-refractivity contribution in [2.24, 2.45) is 0 Å². The Hall–Kier alpha value is -1.79. The molecule has 0 saturated carbocycles. The van der Waals surface area contributed by atoms with Gasteiger partial charge in [-0.2, -0.15) is 0 Å². The van der Waals surface area contributed by atoms with Crippen LogP contribution in [0.3, 0.4) is 0 Å². The van der Waals surface area contributed by atoms with Crippen LogP contribution in [0.2, 0.25) is 5.02 Å². The first kappa shape index (κ1) is 14.6. The summed E-state index contributed by atoms with van der Waals surface area (Å²) in [7, 11) is 0. The summed E-state index contributed by atoms with van der Waals surface area (Å²) in [6.45, 7) is 0.976. The Morgan fingerprint density at radius 3 is 3.00 bits per heavy atom. The zero-order valence-corrected chi connectivity index (χ0v) is 11.5. The van der Waals surface area contributed by atoms with E-state index in [9.17, 15) is 9.59 Å². The maximum Gasteiger partial charge on any atom is 0.327 e. The molecule has 1 saturated heterocycles. The maximum absolute atomic E-state index is 12.0. The average Bonchev–Trinajstić information content (AvgIpc) is 2.45. The van der Waals surface area contributed by atoms with Gasteiger partial charge >= 0.3 is 5.97 Å². The number of hydrogen-bond donors (Lipinski definition) is 2. The van der Waals surface area contributed by atoms with Gasteiger partial charge in [-0.3, -0.25) is 4.79 Å². The fourth-order valence-electron chi connectivity index (χ4n) is 2.01. The molecule has 7 heteroatoms. The number of nitrogens with one attached hydrogen (secondary N) is 1. The summed E-state index contributed by atoms with van der Waals surface area (Å²) in [4.78, 5) is 24.5. The van der Waals surface area contributed by atoms with E-state index in [1.165, 1.54) is 4.90 Å². The van der Waals surface area contributed by atoms with Gasteiger partial charge in [-0.25, -0.2) is 4.79 Å². The van der Waals surface area contributed by atoms with Gasteiger partial charge in [0.1, 0.15) is 11.8 Å². The van der Waals surface area contributed by atoms with Crippen LogP contribution in [0, 0.1) is 0 Å². The first-order valence-corrected chi connectivity index (χ1v) is 6.57. The number of carbonyl (C=O) groups is 2. The molecule has 1 fully saturated rings. The number of carbonyl (C=O) groups excluding carboxylic acids is 1. The first-order chi connectivity index (χ1) is 9.58. The number of carboxylic acids is 1. The number of aliphatic carboxylic acids is 1. The predicted octanol–water partition coefficient (Wildman–Crippen LogP) is 0.604. The van der Waals surface area contributed by atoms with Crippen LogP contribution in [0.25, 0.3) is 0 Å². The van der Waals surface area contributed by atoms with Crippen molar-refractivity contribution >= 4 is 23.5 Å².